The minimum atomic E-state index is -3.37. The van der Waals surface area contributed by atoms with Crippen molar-refractivity contribution in [1.82, 2.24) is 0 Å². The lowest BCUT2D eigenvalue weighted by molar-refractivity contribution is -0.245. The van der Waals surface area contributed by atoms with Gasteiger partial charge in [0.25, 0.3) is 0 Å². The topological polar surface area (TPSA) is 86.7 Å². The first-order valence-corrected chi connectivity index (χ1v) is 9.61. The Kier molecular flexibility index (Phi) is 6.05. The Labute approximate surface area is 153 Å². The van der Waals surface area contributed by atoms with E-state index in [4.69, 9.17) is 4.74 Å². The number of amides is 1. The predicted molar refractivity (Wildman–Crippen MR) is 98.6 cm³/mol. The number of methoxy groups -OCH3 is 1. The number of anilines is 2. The van der Waals surface area contributed by atoms with E-state index in [0.29, 0.717) is 12.2 Å². The number of rotatable bonds is 7. The molecule has 0 N–H and O–H groups in total. The molecule has 7 heteroatoms. The molecule has 0 aliphatic heterocycles. The lowest BCUT2D eigenvalue weighted by atomic mass is 10.1. The summed E-state index contributed by atoms with van der Waals surface area (Å²) in [5.74, 6) is 0.327. The Morgan fingerprint density at radius 3 is 2.38 bits per heavy atom. The van der Waals surface area contributed by atoms with E-state index in [1.54, 1.807) is 31.2 Å². The number of hydrogen-bond acceptors (Lipinski definition) is 5. The largest absolute Gasteiger partial charge is 0.529 e. The molecule has 0 fully saturated rings. The molecule has 2 aromatic carbocycles. The molecule has 0 saturated heterocycles. The van der Waals surface area contributed by atoms with Crippen molar-refractivity contribution >= 4 is 27.3 Å². The summed E-state index contributed by atoms with van der Waals surface area (Å²) in [7, 11) is -1.92. The van der Waals surface area contributed by atoms with Crippen LogP contribution in [0, 0.1) is 0 Å². The number of nitrogens with zero attached hydrogens (tertiary/aromatic N) is 1. The molecule has 0 radical (unpaired) electrons. The van der Waals surface area contributed by atoms with Crippen molar-refractivity contribution in [1.29, 1.82) is 0 Å². The molecule has 26 heavy (non-hydrogen) atoms. The fourth-order valence-corrected chi connectivity index (χ4v) is 3.40. The molecule has 0 aliphatic rings. The third-order valence-corrected chi connectivity index (χ3v) is 5.63. The Morgan fingerprint density at radius 1 is 1.23 bits per heavy atom. The van der Waals surface area contributed by atoms with Crippen molar-refractivity contribution in [2.45, 2.75) is 18.2 Å². The fourth-order valence-electron chi connectivity index (χ4n) is 2.51. The standard InChI is InChI=1S/C19H21NO5S/c1-4-6-14-7-12-17(18(13-14)25-3)20(19(21)22)15-8-10-16(11-9-15)26(23,24)5-2/h4,7-13H,1,5-6H2,2-3H3,(H,21,22)/p-1. The molecule has 6 nitrogen and oxygen atoms in total. The zero-order valence-electron chi connectivity index (χ0n) is 14.6. The van der Waals surface area contributed by atoms with Gasteiger partial charge in [0.1, 0.15) is 11.8 Å². The first-order chi connectivity index (χ1) is 12.3. The average molecular weight is 374 g/mol. The molecule has 0 atom stereocenters. The van der Waals surface area contributed by atoms with E-state index in [2.05, 4.69) is 6.58 Å². The van der Waals surface area contributed by atoms with Gasteiger partial charge in [0.15, 0.2) is 9.84 Å². The van der Waals surface area contributed by atoms with E-state index in [9.17, 15) is 18.3 Å². The highest BCUT2D eigenvalue weighted by Crippen LogP contribution is 2.35. The highest BCUT2D eigenvalue weighted by atomic mass is 32.2. The maximum atomic E-state index is 11.9. The van der Waals surface area contributed by atoms with Gasteiger partial charge in [0.2, 0.25) is 0 Å². The molecule has 138 valence electrons. The number of benzene rings is 2. The van der Waals surface area contributed by atoms with E-state index in [1.165, 1.54) is 31.4 Å². The SMILES string of the molecule is C=CCc1ccc(N(C(=O)[O-])c2ccc(S(=O)(=O)CC)cc2)c(OC)c1. The highest BCUT2D eigenvalue weighted by Gasteiger charge is 2.18. The maximum Gasteiger partial charge on any atom is 0.178 e. The summed E-state index contributed by atoms with van der Waals surface area (Å²) in [5.41, 5.74) is 1.46. The lowest BCUT2D eigenvalue weighted by Crippen LogP contribution is -2.38. The van der Waals surface area contributed by atoms with Gasteiger partial charge in [0.05, 0.1) is 23.4 Å². The van der Waals surface area contributed by atoms with Gasteiger partial charge < -0.3 is 14.6 Å². The van der Waals surface area contributed by atoms with Crippen molar-refractivity contribution in [3.8, 4) is 5.75 Å². The number of allylic oxidation sites excluding steroid dienone is 1. The zero-order valence-corrected chi connectivity index (χ0v) is 15.5. The van der Waals surface area contributed by atoms with E-state index in [-0.39, 0.29) is 22.0 Å². The van der Waals surface area contributed by atoms with Crippen LogP contribution in [0.15, 0.2) is 60.0 Å². The van der Waals surface area contributed by atoms with Crippen molar-refractivity contribution in [3.63, 3.8) is 0 Å². The Bertz CT molecular complexity index is 904. The van der Waals surface area contributed by atoms with Crippen molar-refractivity contribution < 1.29 is 23.1 Å². The number of carbonyl (C=O) groups excluding carboxylic acids is 1. The second-order valence-corrected chi connectivity index (χ2v) is 7.78. The predicted octanol–water partition coefficient (Wildman–Crippen LogP) is 2.70. The minimum Gasteiger partial charge on any atom is -0.529 e. The van der Waals surface area contributed by atoms with Crippen LogP contribution >= 0.6 is 0 Å². The summed E-state index contributed by atoms with van der Waals surface area (Å²) in [6, 6.07) is 10.7. The first kappa shape index (κ1) is 19.5. The second kappa shape index (κ2) is 8.05. The van der Waals surface area contributed by atoms with Crippen LogP contribution in [0.3, 0.4) is 0 Å². The lowest BCUT2D eigenvalue weighted by Gasteiger charge is -2.27. The molecule has 2 aromatic rings. The number of sulfone groups is 1. The van der Waals surface area contributed by atoms with Crippen LogP contribution in [0.1, 0.15) is 12.5 Å². The second-order valence-electron chi connectivity index (χ2n) is 5.50. The van der Waals surface area contributed by atoms with Crippen molar-refractivity contribution in [3.05, 3.63) is 60.7 Å². The van der Waals surface area contributed by atoms with Crippen LogP contribution in [-0.2, 0) is 16.3 Å². The van der Waals surface area contributed by atoms with Crippen LogP contribution in [-0.4, -0.2) is 27.4 Å². The molecular weight excluding hydrogens is 354 g/mol. The summed E-state index contributed by atoms with van der Waals surface area (Å²) in [4.78, 5) is 12.8. The van der Waals surface area contributed by atoms with Gasteiger partial charge in [0, 0.05) is 5.69 Å². The average Bonchev–Trinajstić information content (AvgIpc) is 2.63. The summed E-state index contributed by atoms with van der Waals surface area (Å²) in [6.07, 6.45) is 0.898. The minimum absolute atomic E-state index is 0.0326. The van der Waals surface area contributed by atoms with Gasteiger partial charge in [-0.1, -0.05) is 19.1 Å². The summed E-state index contributed by atoms with van der Waals surface area (Å²) in [5, 5.41) is 11.7. The van der Waals surface area contributed by atoms with E-state index < -0.39 is 15.9 Å². The van der Waals surface area contributed by atoms with Crippen LogP contribution in [0.25, 0.3) is 0 Å². The Hall–Kier alpha value is -2.80. The van der Waals surface area contributed by atoms with Crippen molar-refractivity contribution in [2.24, 2.45) is 0 Å². The molecule has 0 unspecified atom stereocenters. The van der Waals surface area contributed by atoms with Crippen molar-refractivity contribution in [2.75, 3.05) is 17.8 Å². The van der Waals surface area contributed by atoms with Crippen LogP contribution < -0.4 is 14.7 Å². The van der Waals surface area contributed by atoms with Crippen LogP contribution in [0.5, 0.6) is 5.75 Å². The third-order valence-electron chi connectivity index (χ3n) is 3.88. The monoisotopic (exact) mass is 374 g/mol. The molecule has 2 rings (SSSR count). The van der Waals surface area contributed by atoms with E-state index in [1.807, 2.05) is 0 Å². The fraction of sp³-hybridized carbons (Fsp3) is 0.211. The van der Waals surface area contributed by atoms with Gasteiger partial charge in [-0.3, -0.25) is 4.90 Å². The van der Waals surface area contributed by atoms with Gasteiger partial charge in [-0.15, -0.1) is 6.58 Å². The van der Waals surface area contributed by atoms with Gasteiger partial charge in [-0.25, -0.2) is 8.42 Å². The normalized spacial score (nSPS) is 11.0. The third kappa shape index (κ3) is 4.05. The summed E-state index contributed by atoms with van der Waals surface area (Å²) in [6.45, 7) is 5.22. The summed E-state index contributed by atoms with van der Waals surface area (Å²) >= 11 is 0. The number of carboxylic acid groups (broad SMARTS) is 1. The maximum absolute atomic E-state index is 11.9. The van der Waals surface area contributed by atoms with Gasteiger partial charge in [-0.05, 0) is 48.4 Å². The van der Waals surface area contributed by atoms with Crippen LogP contribution in [0.4, 0.5) is 16.2 Å². The quantitative estimate of drug-likeness (QED) is 0.696. The molecule has 0 saturated carbocycles. The molecular formula is C19H20NO5S-. The highest BCUT2D eigenvalue weighted by molar-refractivity contribution is 7.91. The molecule has 0 aliphatic carbocycles. The Balaban J connectivity index is 2.50. The molecule has 0 aromatic heterocycles. The number of hydrogen-bond donors (Lipinski definition) is 0. The molecule has 0 spiro atoms. The smallest absolute Gasteiger partial charge is 0.178 e. The molecule has 0 heterocycles. The van der Waals surface area contributed by atoms with Gasteiger partial charge >= 0.3 is 0 Å². The van der Waals surface area contributed by atoms with Crippen LogP contribution in [0.2, 0.25) is 0 Å². The first-order valence-electron chi connectivity index (χ1n) is 7.95. The van der Waals surface area contributed by atoms with E-state index in [0.717, 1.165) is 10.5 Å². The molecule has 1 amide bonds. The molecule has 0 bridgehead atoms. The van der Waals surface area contributed by atoms with Gasteiger partial charge in [-0.2, -0.15) is 0 Å². The zero-order chi connectivity index (χ0) is 19.3. The Morgan fingerprint density at radius 2 is 1.88 bits per heavy atom. The number of carbonyl (C=O) groups is 1. The number of ether oxygens (including phenoxy) is 1. The van der Waals surface area contributed by atoms with E-state index >= 15 is 0 Å². The summed E-state index contributed by atoms with van der Waals surface area (Å²) < 4.78 is 29.1.